The first kappa shape index (κ1) is 20.0. The largest absolute Gasteiger partial charge is 0.469 e. The normalized spacial score (nSPS) is 14.5. The van der Waals surface area contributed by atoms with Crippen molar-refractivity contribution in [1.82, 2.24) is 20.6 Å². The Morgan fingerprint density at radius 2 is 2.04 bits per heavy atom. The third kappa shape index (κ3) is 6.87. The first-order valence-corrected chi connectivity index (χ1v) is 9.35. The molecule has 0 saturated heterocycles. The van der Waals surface area contributed by atoms with E-state index in [4.69, 9.17) is 0 Å². The molecule has 0 bridgehead atoms. The van der Waals surface area contributed by atoms with Crippen molar-refractivity contribution < 1.29 is 19.1 Å². The Kier molecular flexibility index (Phi) is 7.64. The van der Waals surface area contributed by atoms with E-state index in [1.165, 1.54) is 19.6 Å². The number of aromatic nitrogens is 2. The molecule has 0 aliphatic heterocycles. The van der Waals surface area contributed by atoms with Gasteiger partial charge in [-0.05, 0) is 12.8 Å². The molecular weight excluding hydrogens is 360 g/mol. The molecule has 0 atom stereocenters. The van der Waals surface area contributed by atoms with Crippen LogP contribution in [-0.4, -0.2) is 46.8 Å². The molecule has 10 heteroatoms. The molecule has 3 amide bonds. The van der Waals surface area contributed by atoms with E-state index in [2.05, 4.69) is 25.3 Å². The summed E-state index contributed by atoms with van der Waals surface area (Å²) in [5, 5.41) is 5.25. The molecule has 3 N–H and O–H groups in total. The highest BCUT2D eigenvalue weighted by atomic mass is 32.2. The Morgan fingerprint density at radius 3 is 2.73 bits per heavy atom. The molecule has 0 aromatic carbocycles. The quantitative estimate of drug-likeness (QED) is 0.376. The minimum atomic E-state index is -0.517. The second-order valence-corrected chi connectivity index (χ2v) is 6.90. The van der Waals surface area contributed by atoms with Crippen LogP contribution in [0.3, 0.4) is 0 Å². The van der Waals surface area contributed by atoms with Crippen LogP contribution < -0.4 is 16.2 Å². The van der Waals surface area contributed by atoms with Gasteiger partial charge in [0.05, 0.1) is 25.0 Å². The van der Waals surface area contributed by atoms with Crippen molar-refractivity contribution in [3.8, 4) is 0 Å². The van der Waals surface area contributed by atoms with Gasteiger partial charge in [-0.25, -0.2) is 9.78 Å². The van der Waals surface area contributed by atoms with E-state index in [0.29, 0.717) is 0 Å². The Labute approximate surface area is 154 Å². The molecule has 2 rings (SSSR count). The summed E-state index contributed by atoms with van der Waals surface area (Å²) < 4.78 is 4.53. The highest BCUT2D eigenvalue weighted by Crippen LogP contribution is 2.17. The summed E-state index contributed by atoms with van der Waals surface area (Å²) in [6.45, 7) is 0. The van der Waals surface area contributed by atoms with Gasteiger partial charge in [0, 0.05) is 12.1 Å². The lowest BCUT2D eigenvalue weighted by molar-refractivity contribution is -0.139. The predicted octanol–water partition coefficient (Wildman–Crippen LogP) is 0.736. The van der Waals surface area contributed by atoms with Crippen LogP contribution >= 0.6 is 11.8 Å². The smallest absolute Gasteiger partial charge is 0.321 e. The highest BCUT2D eigenvalue weighted by molar-refractivity contribution is 7.99. The van der Waals surface area contributed by atoms with E-state index in [0.717, 1.165) is 37.4 Å². The number of H-pyrrole nitrogens is 1. The van der Waals surface area contributed by atoms with Crippen LogP contribution in [0.15, 0.2) is 16.0 Å². The summed E-state index contributed by atoms with van der Waals surface area (Å²) >= 11 is 0.969. The number of aromatic amines is 1. The maximum absolute atomic E-state index is 11.9. The minimum absolute atomic E-state index is 0.0945. The SMILES string of the molecule is COC(=O)Cc1cc(=O)[nH]c(SCC(=O)NC(=O)NC2CCCCC2)n1. The van der Waals surface area contributed by atoms with Crippen LogP contribution in [0, 0.1) is 0 Å². The van der Waals surface area contributed by atoms with E-state index in [9.17, 15) is 19.2 Å². The number of hydrogen-bond acceptors (Lipinski definition) is 7. The van der Waals surface area contributed by atoms with Gasteiger partial charge in [-0.15, -0.1) is 0 Å². The third-order valence-corrected chi connectivity index (χ3v) is 4.73. The number of ether oxygens (including phenoxy) is 1. The van der Waals surface area contributed by atoms with E-state index < -0.39 is 23.5 Å². The molecule has 0 unspecified atom stereocenters. The lowest BCUT2D eigenvalue weighted by Gasteiger charge is -2.22. The number of methoxy groups -OCH3 is 1. The molecule has 0 spiro atoms. The fraction of sp³-hybridized carbons (Fsp3) is 0.562. The van der Waals surface area contributed by atoms with Crippen LogP contribution in [0.1, 0.15) is 37.8 Å². The van der Waals surface area contributed by atoms with E-state index in [1.54, 1.807) is 0 Å². The van der Waals surface area contributed by atoms with Crippen molar-refractivity contribution in [1.29, 1.82) is 0 Å². The number of nitrogens with one attached hydrogen (secondary N) is 3. The fourth-order valence-corrected chi connectivity index (χ4v) is 3.32. The van der Waals surface area contributed by atoms with E-state index in [-0.39, 0.29) is 29.1 Å². The highest BCUT2D eigenvalue weighted by Gasteiger charge is 2.17. The number of carbonyl (C=O) groups excluding carboxylic acids is 3. The molecule has 142 valence electrons. The lowest BCUT2D eigenvalue weighted by atomic mass is 9.96. The zero-order chi connectivity index (χ0) is 18.9. The molecule has 1 heterocycles. The van der Waals surface area contributed by atoms with Gasteiger partial charge in [0.15, 0.2) is 5.16 Å². The number of carbonyl (C=O) groups is 3. The van der Waals surface area contributed by atoms with Gasteiger partial charge in [-0.2, -0.15) is 0 Å². The molecule has 1 aromatic rings. The topological polar surface area (TPSA) is 130 Å². The zero-order valence-electron chi connectivity index (χ0n) is 14.5. The van der Waals surface area contributed by atoms with Gasteiger partial charge in [-0.3, -0.25) is 19.7 Å². The van der Waals surface area contributed by atoms with Crippen molar-refractivity contribution in [2.75, 3.05) is 12.9 Å². The number of amides is 3. The molecule has 9 nitrogen and oxygen atoms in total. The number of esters is 1. The minimum Gasteiger partial charge on any atom is -0.469 e. The average molecular weight is 382 g/mol. The van der Waals surface area contributed by atoms with Crippen molar-refractivity contribution in [3.05, 3.63) is 22.1 Å². The summed E-state index contributed by atoms with van der Waals surface area (Å²) in [7, 11) is 1.24. The summed E-state index contributed by atoms with van der Waals surface area (Å²) in [5.41, 5.74) is -0.185. The van der Waals surface area contributed by atoms with E-state index >= 15 is 0 Å². The molecular formula is C16H22N4O5S. The van der Waals surface area contributed by atoms with Crippen LogP contribution in [0.5, 0.6) is 0 Å². The van der Waals surface area contributed by atoms with Crippen molar-refractivity contribution in [3.63, 3.8) is 0 Å². The third-order valence-electron chi connectivity index (χ3n) is 3.86. The summed E-state index contributed by atoms with van der Waals surface area (Å²) in [5.74, 6) is -1.11. The van der Waals surface area contributed by atoms with Crippen LogP contribution in [-0.2, 0) is 20.7 Å². The number of nitrogens with zero attached hydrogens (tertiary/aromatic N) is 1. The maximum atomic E-state index is 11.9. The summed E-state index contributed by atoms with van der Waals surface area (Å²) in [6.07, 6.45) is 5.05. The van der Waals surface area contributed by atoms with Gasteiger partial charge in [-0.1, -0.05) is 31.0 Å². The monoisotopic (exact) mass is 382 g/mol. The second kappa shape index (κ2) is 9.95. The van der Waals surface area contributed by atoms with Crippen LogP contribution in [0.4, 0.5) is 4.79 Å². The average Bonchev–Trinajstić information content (AvgIpc) is 2.60. The molecule has 1 fully saturated rings. The predicted molar refractivity (Wildman–Crippen MR) is 94.8 cm³/mol. The van der Waals surface area contributed by atoms with Gasteiger partial charge < -0.3 is 15.0 Å². The van der Waals surface area contributed by atoms with Gasteiger partial charge in [0.1, 0.15) is 0 Å². The molecule has 0 radical (unpaired) electrons. The van der Waals surface area contributed by atoms with Gasteiger partial charge in [0.25, 0.3) is 5.56 Å². The van der Waals surface area contributed by atoms with Crippen LogP contribution in [0.25, 0.3) is 0 Å². The number of imide groups is 1. The molecule has 26 heavy (non-hydrogen) atoms. The summed E-state index contributed by atoms with van der Waals surface area (Å²) in [4.78, 5) is 53.1. The Balaban J connectivity index is 1.81. The summed E-state index contributed by atoms with van der Waals surface area (Å²) in [6, 6.07) is 0.791. The Morgan fingerprint density at radius 1 is 1.31 bits per heavy atom. The van der Waals surface area contributed by atoms with Crippen molar-refractivity contribution in [2.45, 2.75) is 49.7 Å². The number of hydrogen-bond donors (Lipinski definition) is 3. The maximum Gasteiger partial charge on any atom is 0.321 e. The van der Waals surface area contributed by atoms with Crippen molar-refractivity contribution >= 4 is 29.7 Å². The Hall–Kier alpha value is -2.36. The molecule has 1 aromatic heterocycles. The first-order valence-electron chi connectivity index (χ1n) is 8.36. The van der Waals surface area contributed by atoms with E-state index in [1.807, 2.05) is 0 Å². The number of thioether (sulfide) groups is 1. The Bertz CT molecular complexity index is 715. The van der Waals surface area contributed by atoms with Gasteiger partial charge in [0.2, 0.25) is 5.91 Å². The molecule has 1 aliphatic carbocycles. The fourth-order valence-electron chi connectivity index (χ4n) is 2.63. The number of urea groups is 1. The van der Waals surface area contributed by atoms with Gasteiger partial charge >= 0.3 is 12.0 Å². The standard InChI is InChI=1S/C16H22N4O5S/c1-25-14(23)8-11-7-12(21)20-16(18-11)26-9-13(22)19-15(24)17-10-5-3-2-4-6-10/h7,10H,2-6,8-9H2,1H3,(H,18,20,21)(H2,17,19,22,24). The second-order valence-electron chi connectivity index (χ2n) is 5.94. The first-order chi connectivity index (χ1) is 12.5. The van der Waals surface area contributed by atoms with Crippen LogP contribution in [0.2, 0.25) is 0 Å². The van der Waals surface area contributed by atoms with Crippen molar-refractivity contribution in [2.24, 2.45) is 0 Å². The molecule has 1 saturated carbocycles. The molecule has 1 aliphatic rings. The zero-order valence-corrected chi connectivity index (χ0v) is 15.3. The lowest BCUT2D eigenvalue weighted by Crippen LogP contribution is -2.45. The number of rotatable bonds is 6.